The van der Waals surface area contributed by atoms with Crippen LogP contribution in [0.2, 0.25) is 0 Å². The minimum absolute atomic E-state index is 0.0103. The Morgan fingerprint density at radius 2 is 1.84 bits per heavy atom. The first kappa shape index (κ1) is 18.1. The fraction of sp³-hybridized carbons (Fsp3) is 0.111. The van der Waals surface area contributed by atoms with Gasteiger partial charge in [-0.3, -0.25) is 4.79 Å². The summed E-state index contributed by atoms with van der Waals surface area (Å²) < 4.78 is 32.5. The van der Waals surface area contributed by atoms with Crippen molar-refractivity contribution >= 4 is 17.4 Å². The lowest BCUT2D eigenvalue weighted by molar-refractivity contribution is -0.122. The highest BCUT2D eigenvalue weighted by molar-refractivity contribution is 5.86. The quantitative estimate of drug-likeness (QED) is 0.687. The second-order valence-electron chi connectivity index (χ2n) is 5.07. The highest BCUT2D eigenvalue weighted by Gasteiger charge is 2.14. The largest absolute Gasteiger partial charge is 0.507 e. The van der Waals surface area contributed by atoms with E-state index in [-0.39, 0.29) is 17.7 Å². The summed E-state index contributed by atoms with van der Waals surface area (Å²) in [5, 5.41) is 17.4. The van der Waals surface area contributed by atoms with Gasteiger partial charge in [0.1, 0.15) is 17.0 Å². The predicted molar refractivity (Wildman–Crippen MR) is 88.7 cm³/mol. The van der Waals surface area contributed by atoms with Crippen LogP contribution in [-0.4, -0.2) is 28.8 Å². The molecule has 2 aromatic carbocycles. The monoisotopic (exact) mass is 347 g/mol. The maximum absolute atomic E-state index is 14.0. The van der Waals surface area contributed by atoms with E-state index in [9.17, 15) is 13.9 Å². The molecule has 0 atom stereocenters. The van der Waals surface area contributed by atoms with Crippen molar-refractivity contribution in [2.45, 2.75) is 6.92 Å². The first-order valence-electron chi connectivity index (χ1n) is 7.13. The minimum Gasteiger partial charge on any atom is -0.507 e. The number of carbonyl (C=O) groups is 1. The number of aryl methyl sites for hydroxylation is 1. The highest BCUT2D eigenvalue weighted by Crippen LogP contribution is 2.34. The van der Waals surface area contributed by atoms with Gasteiger partial charge in [-0.15, -0.1) is 0 Å². The molecule has 0 aliphatic rings. The first-order chi connectivity index (χ1) is 11.9. The summed E-state index contributed by atoms with van der Waals surface area (Å²) in [6.07, 6.45) is 0. The fourth-order valence-electron chi connectivity index (χ4n) is 2.39. The molecule has 7 heteroatoms. The zero-order valence-corrected chi connectivity index (χ0v) is 13.5. The van der Waals surface area contributed by atoms with Gasteiger partial charge in [0.05, 0.1) is 12.8 Å². The van der Waals surface area contributed by atoms with Crippen LogP contribution >= 0.6 is 0 Å². The number of aromatic hydroxyl groups is 1. The smallest absolute Gasteiger partial charge is 0.290 e. The summed E-state index contributed by atoms with van der Waals surface area (Å²) in [6.45, 7) is 1.53. The van der Waals surface area contributed by atoms with Gasteiger partial charge in [-0.25, -0.2) is 13.8 Å². The second kappa shape index (κ2) is 7.57. The maximum Gasteiger partial charge on any atom is 0.290 e. The maximum atomic E-state index is 14.0. The Morgan fingerprint density at radius 1 is 1.16 bits per heavy atom. The first-order valence-corrected chi connectivity index (χ1v) is 7.13. The lowest BCUT2D eigenvalue weighted by Gasteiger charge is -2.10. The van der Waals surface area contributed by atoms with E-state index in [1.807, 2.05) is 0 Å². The molecule has 0 saturated carbocycles. The molecule has 0 aliphatic heterocycles. The molecule has 0 saturated heterocycles. The van der Waals surface area contributed by atoms with Gasteiger partial charge in [0.25, 0.3) is 6.47 Å². The predicted octanol–water partition coefficient (Wildman–Crippen LogP) is 3.90. The molecule has 5 nitrogen and oxygen atoms in total. The van der Waals surface area contributed by atoms with Crippen LogP contribution in [0, 0.1) is 18.6 Å². The highest BCUT2D eigenvalue weighted by atomic mass is 19.2. The molecule has 1 heterocycles. The van der Waals surface area contributed by atoms with Crippen molar-refractivity contribution < 1.29 is 28.5 Å². The van der Waals surface area contributed by atoms with Crippen molar-refractivity contribution in [3.8, 4) is 22.8 Å². The van der Waals surface area contributed by atoms with E-state index in [1.165, 1.54) is 19.2 Å². The number of nitrogens with zero attached hydrogens (tertiary/aromatic N) is 1. The van der Waals surface area contributed by atoms with Gasteiger partial charge in [0.15, 0.2) is 11.6 Å². The average molecular weight is 347 g/mol. The summed E-state index contributed by atoms with van der Waals surface area (Å²) in [4.78, 5) is 12.5. The van der Waals surface area contributed by atoms with Crippen molar-refractivity contribution in [2.24, 2.45) is 0 Å². The van der Waals surface area contributed by atoms with Gasteiger partial charge < -0.3 is 14.9 Å². The molecule has 0 aliphatic carbocycles. The van der Waals surface area contributed by atoms with Crippen LogP contribution in [0.25, 0.3) is 22.2 Å². The molecule has 3 aromatic rings. The van der Waals surface area contributed by atoms with Gasteiger partial charge in [0.2, 0.25) is 0 Å². The number of fused-ring (bicyclic) bond motifs is 1. The molecule has 25 heavy (non-hydrogen) atoms. The number of aromatic nitrogens is 1. The summed E-state index contributed by atoms with van der Waals surface area (Å²) in [7, 11) is 1.50. The molecule has 0 bridgehead atoms. The Hall–Kier alpha value is -3.22. The van der Waals surface area contributed by atoms with E-state index >= 15 is 0 Å². The van der Waals surface area contributed by atoms with Crippen molar-refractivity contribution in [3.05, 3.63) is 53.6 Å². The summed E-state index contributed by atoms with van der Waals surface area (Å²) >= 11 is 0. The van der Waals surface area contributed by atoms with E-state index in [4.69, 9.17) is 14.6 Å². The SMILES string of the molecule is COc1ccc(O)c(-c2cc(C)c3ccc(F)c(F)c3n2)c1.O=CO. The normalized spacial score (nSPS) is 10.1. The average Bonchev–Trinajstić information content (AvgIpc) is 2.59. The summed E-state index contributed by atoms with van der Waals surface area (Å²) in [5.41, 5.74) is 1.43. The fourth-order valence-corrected chi connectivity index (χ4v) is 2.39. The third-order valence-corrected chi connectivity index (χ3v) is 3.56. The number of carboxylic acid groups (broad SMARTS) is 1. The molecule has 0 unspecified atom stereocenters. The number of methoxy groups -OCH3 is 1. The lowest BCUT2D eigenvalue weighted by atomic mass is 10.0. The standard InChI is InChI=1S/C17H13F2NO2.CH2O2/c1-9-7-14(12-8-10(22-2)3-6-15(12)21)20-17-11(9)4-5-13(18)16(17)19;2-1-3/h3-8,21H,1-2H3;1H,(H,2,3). The van der Waals surface area contributed by atoms with Crippen LogP contribution in [0.1, 0.15) is 5.56 Å². The van der Waals surface area contributed by atoms with Gasteiger partial charge in [-0.2, -0.15) is 0 Å². The van der Waals surface area contributed by atoms with Crippen LogP contribution in [0.3, 0.4) is 0 Å². The molecule has 0 spiro atoms. The number of phenols is 1. The Labute approximate surface area is 142 Å². The Bertz CT molecular complexity index is 929. The van der Waals surface area contributed by atoms with E-state index in [0.717, 1.165) is 11.6 Å². The molecular weight excluding hydrogens is 332 g/mol. The minimum atomic E-state index is -0.996. The molecule has 130 valence electrons. The number of hydrogen-bond donors (Lipinski definition) is 2. The molecule has 0 amide bonds. The lowest BCUT2D eigenvalue weighted by Crippen LogP contribution is -1.95. The number of halogens is 2. The molecule has 0 radical (unpaired) electrons. The van der Waals surface area contributed by atoms with Gasteiger partial charge in [-0.05, 0) is 48.9 Å². The van der Waals surface area contributed by atoms with Crippen LogP contribution < -0.4 is 4.74 Å². The van der Waals surface area contributed by atoms with Crippen molar-refractivity contribution in [1.82, 2.24) is 4.98 Å². The van der Waals surface area contributed by atoms with Crippen molar-refractivity contribution in [1.29, 1.82) is 0 Å². The van der Waals surface area contributed by atoms with Gasteiger partial charge in [0, 0.05) is 10.9 Å². The number of rotatable bonds is 2. The third kappa shape index (κ3) is 3.65. The molecule has 1 aromatic heterocycles. The number of hydrogen-bond acceptors (Lipinski definition) is 4. The van der Waals surface area contributed by atoms with Crippen LogP contribution in [0.4, 0.5) is 8.78 Å². The molecule has 0 fully saturated rings. The van der Waals surface area contributed by atoms with E-state index in [1.54, 1.807) is 25.1 Å². The van der Waals surface area contributed by atoms with E-state index < -0.39 is 11.6 Å². The van der Waals surface area contributed by atoms with Crippen LogP contribution in [0.15, 0.2) is 36.4 Å². The second-order valence-corrected chi connectivity index (χ2v) is 5.07. The summed E-state index contributed by atoms with van der Waals surface area (Å²) in [6, 6.07) is 8.96. The zero-order valence-electron chi connectivity index (χ0n) is 13.5. The van der Waals surface area contributed by atoms with E-state index in [2.05, 4.69) is 4.98 Å². The third-order valence-electron chi connectivity index (χ3n) is 3.56. The van der Waals surface area contributed by atoms with E-state index in [0.29, 0.717) is 22.4 Å². The molecule has 2 N–H and O–H groups in total. The number of ether oxygens (including phenoxy) is 1. The van der Waals surface area contributed by atoms with Crippen LogP contribution in [-0.2, 0) is 4.79 Å². The Balaban J connectivity index is 0.000000701. The van der Waals surface area contributed by atoms with Gasteiger partial charge >= 0.3 is 0 Å². The number of phenolic OH excluding ortho intramolecular Hbond substituents is 1. The summed E-state index contributed by atoms with van der Waals surface area (Å²) in [5.74, 6) is -1.42. The van der Waals surface area contributed by atoms with Crippen LogP contribution in [0.5, 0.6) is 11.5 Å². The van der Waals surface area contributed by atoms with Gasteiger partial charge in [-0.1, -0.05) is 0 Å². The molecule has 3 rings (SSSR count). The number of pyridine rings is 1. The molecular formula is C18H15F2NO4. The van der Waals surface area contributed by atoms with Crippen molar-refractivity contribution in [3.63, 3.8) is 0 Å². The Morgan fingerprint density at radius 3 is 2.48 bits per heavy atom. The number of benzene rings is 2. The zero-order chi connectivity index (χ0) is 18.6. The Kier molecular flexibility index (Phi) is 5.49. The topological polar surface area (TPSA) is 79.7 Å². The van der Waals surface area contributed by atoms with Crippen molar-refractivity contribution in [2.75, 3.05) is 7.11 Å².